The number of anilines is 1. The molecule has 0 fully saturated rings. The van der Waals surface area contributed by atoms with Gasteiger partial charge in [0.15, 0.2) is 0 Å². The van der Waals surface area contributed by atoms with Crippen LogP contribution in [0.15, 0.2) is 47.3 Å². The van der Waals surface area contributed by atoms with Crippen molar-refractivity contribution in [1.29, 1.82) is 0 Å². The highest BCUT2D eigenvalue weighted by Crippen LogP contribution is 2.06. The zero-order chi connectivity index (χ0) is 11.5. The fourth-order valence-corrected chi connectivity index (χ4v) is 1.69. The lowest BCUT2D eigenvalue weighted by Gasteiger charge is -2.09. The Kier molecular flexibility index (Phi) is 2.77. The van der Waals surface area contributed by atoms with Crippen molar-refractivity contribution in [1.82, 2.24) is 4.57 Å². The molecule has 3 heteroatoms. The average Bonchev–Trinajstić information content (AvgIpc) is 2.25. The first kappa shape index (κ1) is 10.5. The van der Waals surface area contributed by atoms with Gasteiger partial charge in [0.2, 0.25) is 0 Å². The van der Waals surface area contributed by atoms with Gasteiger partial charge in [0.1, 0.15) is 5.82 Å². The molecule has 1 aromatic carbocycles. The Hall–Kier alpha value is -2.03. The highest BCUT2D eigenvalue weighted by molar-refractivity contribution is 5.34. The van der Waals surface area contributed by atoms with Gasteiger partial charge in [-0.25, -0.2) is 0 Å². The first-order chi connectivity index (χ1) is 7.66. The van der Waals surface area contributed by atoms with Gasteiger partial charge in [0.05, 0.1) is 6.54 Å². The SMILES string of the molecule is Cc1cc(N)n(Cc2ccccc2)c(=O)c1. The summed E-state index contributed by atoms with van der Waals surface area (Å²) >= 11 is 0. The van der Waals surface area contributed by atoms with Crippen molar-refractivity contribution < 1.29 is 0 Å². The molecule has 0 amide bonds. The normalized spacial score (nSPS) is 10.3. The Labute approximate surface area is 94.1 Å². The molecule has 0 saturated carbocycles. The number of aromatic nitrogens is 1. The molecule has 0 saturated heterocycles. The lowest BCUT2D eigenvalue weighted by molar-refractivity contribution is 0.770. The van der Waals surface area contributed by atoms with E-state index in [2.05, 4.69) is 0 Å². The second kappa shape index (κ2) is 4.23. The molecule has 0 unspecified atom stereocenters. The Morgan fingerprint density at radius 3 is 2.50 bits per heavy atom. The van der Waals surface area contributed by atoms with E-state index in [1.165, 1.54) is 0 Å². The number of nitrogens with zero attached hydrogens (tertiary/aromatic N) is 1. The van der Waals surface area contributed by atoms with E-state index in [1.54, 1.807) is 10.6 Å². The Morgan fingerprint density at radius 2 is 1.88 bits per heavy atom. The molecule has 0 aliphatic carbocycles. The van der Waals surface area contributed by atoms with Crippen molar-refractivity contribution in [3.05, 3.63) is 63.9 Å². The largest absolute Gasteiger partial charge is 0.385 e. The van der Waals surface area contributed by atoms with Crippen LogP contribution in [0.4, 0.5) is 5.82 Å². The maximum atomic E-state index is 11.7. The van der Waals surface area contributed by atoms with Crippen LogP contribution in [0.5, 0.6) is 0 Å². The van der Waals surface area contributed by atoms with Crippen LogP contribution >= 0.6 is 0 Å². The number of nitrogen functional groups attached to an aromatic ring is 1. The molecule has 0 aliphatic heterocycles. The minimum Gasteiger partial charge on any atom is -0.385 e. The number of nitrogens with two attached hydrogens (primary N) is 1. The maximum absolute atomic E-state index is 11.7. The molecular formula is C13H14N2O. The van der Waals surface area contributed by atoms with Crippen molar-refractivity contribution in [3.8, 4) is 0 Å². The molecule has 2 N–H and O–H groups in total. The van der Waals surface area contributed by atoms with Gasteiger partial charge < -0.3 is 5.73 Å². The van der Waals surface area contributed by atoms with E-state index in [1.807, 2.05) is 43.3 Å². The molecule has 2 rings (SSSR count). The van der Waals surface area contributed by atoms with Crippen LogP contribution < -0.4 is 11.3 Å². The van der Waals surface area contributed by atoms with Gasteiger partial charge in [-0.05, 0) is 24.1 Å². The summed E-state index contributed by atoms with van der Waals surface area (Å²) in [6.07, 6.45) is 0. The summed E-state index contributed by atoms with van der Waals surface area (Å²) in [5, 5.41) is 0. The molecule has 82 valence electrons. The quantitative estimate of drug-likeness (QED) is 0.828. The third-order valence-electron chi connectivity index (χ3n) is 2.49. The Morgan fingerprint density at radius 1 is 1.19 bits per heavy atom. The van der Waals surface area contributed by atoms with Crippen LogP contribution in [0.1, 0.15) is 11.1 Å². The summed E-state index contributed by atoms with van der Waals surface area (Å²) in [6, 6.07) is 13.2. The standard InChI is InChI=1S/C13H14N2O/c1-10-7-12(14)15(13(16)8-10)9-11-5-3-2-4-6-11/h2-8H,9,14H2,1H3. The van der Waals surface area contributed by atoms with Crippen molar-refractivity contribution in [2.75, 3.05) is 5.73 Å². The molecule has 1 heterocycles. The molecular weight excluding hydrogens is 200 g/mol. The van der Waals surface area contributed by atoms with E-state index in [4.69, 9.17) is 5.73 Å². The number of aryl methyl sites for hydroxylation is 1. The van der Waals surface area contributed by atoms with Gasteiger partial charge >= 0.3 is 0 Å². The van der Waals surface area contributed by atoms with Crippen LogP contribution in [0.2, 0.25) is 0 Å². The minimum atomic E-state index is -0.0543. The molecule has 0 radical (unpaired) electrons. The second-order valence-corrected chi connectivity index (χ2v) is 3.87. The number of pyridine rings is 1. The highest BCUT2D eigenvalue weighted by Gasteiger charge is 2.02. The van der Waals surface area contributed by atoms with E-state index in [0.29, 0.717) is 12.4 Å². The van der Waals surface area contributed by atoms with E-state index in [-0.39, 0.29) is 5.56 Å². The molecule has 0 aliphatic rings. The zero-order valence-corrected chi connectivity index (χ0v) is 9.18. The van der Waals surface area contributed by atoms with Gasteiger partial charge in [0.25, 0.3) is 5.56 Å². The van der Waals surface area contributed by atoms with Crippen molar-refractivity contribution in [2.45, 2.75) is 13.5 Å². The predicted molar refractivity (Wildman–Crippen MR) is 65.4 cm³/mol. The zero-order valence-electron chi connectivity index (χ0n) is 9.18. The Bertz CT molecular complexity index is 544. The third-order valence-corrected chi connectivity index (χ3v) is 2.49. The molecule has 16 heavy (non-hydrogen) atoms. The van der Waals surface area contributed by atoms with Crippen LogP contribution in [0.3, 0.4) is 0 Å². The van der Waals surface area contributed by atoms with Crippen LogP contribution in [-0.2, 0) is 6.54 Å². The Balaban J connectivity index is 2.39. The summed E-state index contributed by atoms with van der Waals surface area (Å²) in [5.74, 6) is 0.508. The predicted octanol–water partition coefficient (Wildman–Crippen LogP) is 1.79. The first-order valence-electron chi connectivity index (χ1n) is 5.18. The van der Waals surface area contributed by atoms with Gasteiger partial charge in [-0.15, -0.1) is 0 Å². The van der Waals surface area contributed by atoms with E-state index < -0.39 is 0 Å². The first-order valence-corrected chi connectivity index (χ1v) is 5.18. The topological polar surface area (TPSA) is 48.0 Å². The van der Waals surface area contributed by atoms with Crippen LogP contribution in [-0.4, -0.2) is 4.57 Å². The van der Waals surface area contributed by atoms with Crippen molar-refractivity contribution >= 4 is 5.82 Å². The number of benzene rings is 1. The van der Waals surface area contributed by atoms with Crippen molar-refractivity contribution in [2.24, 2.45) is 0 Å². The maximum Gasteiger partial charge on any atom is 0.252 e. The van der Waals surface area contributed by atoms with Crippen molar-refractivity contribution in [3.63, 3.8) is 0 Å². The summed E-state index contributed by atoms with van der Waals surface area (Å²) in [6.45, 7) is 2.39. The van der Waals surface area contributed by atoms with Gasteiger partial charge in [-0.1, -0.05) is 30.3 Å². The summed E-state index contributed by atoms with van der Waals surface area (Å²) in [7, 11) is 0. The monoisotopic (exact) mass is 214 g/mol. The minimum absolute atomic E-state index is 0.0543. The van der Waals surface area contributed by atoms with Gasteiger partial charge in [-0.2, -0.15) is 0 Å². The summed E-state index contributed by atoms with van der Waals surface area (Å²) in [5.41, 5.74) is 7.74. The lowest BCUT2D eigenvalue weighted by atomic mass is 10.2. The van der Waals surface area contributed by atoms with E-state index in [9.17, 15) is 4.79 Å². The molecule has 0 bridgehead atoms. The van der Waals surface area contributed by atoms with E-state index >= 15 is 0 Å². The molecule has 3 nitrogen and oxygen atoms in total. The third kappa shape index (κ3) is 2.14. The number of hydrogen-bond acceptors (Lipinski definition) is 2. The molecule has 1 aromatic heterocycles. The molecule has 0 spiro atoms. The molecule has 0 atom stereocenters. The highest BCUT2D eigenvalue weighted by atomic mass is 16.1. The van der Waals surface area contributed by atoms with Crippen LogP contribution in [0.25, 0.3) is 0 Å². The summed E-state index contributed by atoms with van der Waals surface area (Å²) < 4.78 is 1.57. The fraction of sp³-hybridized carbons (Fsp3) is 0.154. The van der Waals surface area contributed by atoms with Gasteiger partial charge in [-0.3, -0.25) is 9.36 Å². The number of hydrogen-bond donors (Lipinski definition) is 1. The second-order valence-electron chi connectivity index (χ2n) is 3.87. The molecule has 2 aromatic rings. The average molecular weight is 214 g/mol. The summed E-state index contributed by atoms with van der Waals surface area (Å²) in [4.78, 5) is 11.7. The smallest absolute Gasteiger partial charge is 0.252 e. The van der Waals surface area contributed by atoms with Crippen LogP contribution in [0, 0.1) is 6.92 Å². The van der Waals surface area contributed by atoms with Gasteiger partial charge in [0, 0.05) is 6.07 Å². The fourth-order valence-electron chi connectivity index (χ4n) is 1.69. The number of rotatable bonds is 2. The van der Waals surface area contributed by atoms with E-state index in [0.717, 1.165) is 11.1 Å². The lowest BCUT2D eigenvalue weighted by Crippen LogP contribution is -2.23.